The van der Waals surface area contributed by atoms with Crippen molar-refractivity contribution in [3.8, 4) is 16.6 Å². The third kappa shape index (κ3) is 3.39. The number of rotatable bonds is 3. The van der Waals surface area contributed by atoms with Gasteiger partial charge in [0.05, 0.1) is 10.6 Å². The summed E-state index contributed by atoms with van der Waals surface area (Å²) in [4.78, 5) is 16.6. The van der Waals surface area contributed by atoms with Crippen LogP contribution in [0, 0.1) is 11.3 Å². The average Bonchev–Trinajstić information content (AvgIpc) is 3.06. The molecule has 3 aromatic rings. The van der Waals surface area contributed by atoms with Crippen LogP contribution in [0.2, 0.25) is 5.02 Å². The lowest BCUT2D eigenvalue weighted by Crippen LogP contribution is -2.12. The van der Waals surface area contributed by atoms with Crippen LogP contribution in [0.4, 0.5) is 5.69 Å². The quantitative estimate of drug-likeness (QED) is 0.759. The molecule has 3 rings (SSSR count). The van der Waals surface area contributed by atoms with Gasteiger partial charge in [-0.2, -0.15) is 5.26 Å². The zero-order valence-corrected chi connectivity index (χ0v) is 13.4. The number of aromatic nitrogens is 1. The zero-order chi connectivity index (χ0) is 16.2. The van der Waals surface area contributed by atoms with Crippen molar-refractivity contribution in [2.45, 2.75) is 0 Å². The van der Waals surface area contributed by atoms with E-state index in [1.54, 1.807) is 23.6 Å². The van der Waals surface area contributed by atoms with Crippen molar-refractivity contribution in [1.29, 1.82) is 5.26 Å². The maximum Gasteiger partial charge on any atom is 0.275 e. The summed E-state index contributed by atoms with van der Waals surface area (Å²) in [5.74, 6) is -0.316. The molecule has 0 saturated heterocycles. The fraction of sp³-hybridized carbons (Fsp3) is 0. The Morgan fingerprint density at radius 2 is 2.00 bits per heavy atom. The first-order valence-corrected chi connectivity index (χ1v) is 7.95. The molecule has 1 amide bonds. The topological polar surface area (TPSA) is 65.8 Å². The fourth-order valence-corrected chi connectivity index (χ4v) is 3.00. The molecule has 0 aliphatic rings. The summed E-state index contributed by atoms with van der Waals surface area (Å²) in [6, 6.07) is 16.4. The number of hydrogen-bond donors (Lipinski definition) is 1. The molecule has 1 aromatic heterocycles. The van der Waals surface area contributed by atoms with Crippen LogP contribution >= 0.6 is 22.9 Å². The second-order valence-corrected chi connectivity index (χ2v) is 5.93. The van der Waals surface area contributed by atoms with Crippen molar-refractivity contribution < 1.29 is 4.79 Å². The Labute approximate surface area is 142 Å². The van der Waals surface area contributed by atoms with Crippen molar-refractivity contribution >= 4 is 34.5 Å². The van der Waals surface area contributed by atoms with Gasteiger partial charge in [0.15, 0.2) is 0 Å². The van der Waals surface area contributed by atoms with Crippen LogP contribution in [0.3, 0.4) is 0 Å². The van der Waals surface area contributed by atoms with Crippen LogP contribution in [0.15, 0.2) is 53.9 Å². The minimum atomic E-state index is -0.316. The number of nitriles is 1. The first-order valence-electron chi connectivity index (χ1n) is 6.69. The van der Waals surface area contributed by atoms with Crippen molar-refractivity contribution in [3.63, 3.8) is 0 Å². The lowest BCUT2D eigenvalue weighted by molar-refractivity contribution is 0.102. The highest BCUT2D eigenvalue weighted by atomic mass is 35.5. The van der Waals surface area contributed by atoms with Gasteiger partial charge in [-0.1, -0.05) is 41.9 Å². The second kappa shape index (κ2) is 6.61. The summed E-state index contributed by atoms with van der Waals surface area (Å²) in [6.07, 6.45) is 0. The number of amides is 1. The Hall–Kier alpha value is -2.68. The van der Waals surface area contributed by atoms with Gasteiger partial charge in [-0.05, 0) is 18.2 Å². The van der Waals surface area contributed by atoms with Crippen LogP contribution in [0.5, 0.6) is 0 Å². The number of thiazole rings is 1. The minimum Gasteiger partial charge on any atom is -0.321 e. The molecule has 0 aliphatic carbocycles. The molecule has 23 heavy (non-hydrogen) atoms. The van der Waals surface area contributed by atoms with E-state index < -0.39 is 0 Å². The van der Waals surface area contributed by atoms with E-state index in [2.05, 4.69) is 10.3 Å². The number of halogens is 1. The molecule has 0 aliphatic heterocycles. The Bertz CT molecular complexity index is 900. The lowest BCUT2D eigenvalue weighted by atomic mass is 10.2. The Morgan fingerprint density at radius 3 is 2.70 bits per heavy atom. The first-order chi connectivity index (χ1) is 11.2. The summed E-state index contributed by atoms with van der Waals surface area (Å²) < 4.78 is 0. The predicted octanol–water partition coefficient (Wildman–Crippen LogP) is 4.59. The molecule has 4 nitrogen and oxygen atoms in total. The van der Waals surface area contributed by atoms with Gasteiger partial charge < -0.3 is 5.32 Å². The van der Waals surface area contributed by atoms with Crippen molar-refractivity contribution in [1.82, 2.24) is 4.98 Å². The summed E-state index contributed by atoms with van der Waals surface area (Å²) in [5, 5.41) is 14.4. The van der Waals surface area contributed by atoms with Crippen LogP contribution in [0.1, 0.15) is 16.1 Å². The van der Waals surface area contributed by atoms with Gasteiger partial charge in [-0.15, -0.1) is 11.3 Å². The number of carbonyl (C=O) groups excluding carboxylic acids is 1. The number of benzene rings is 2. The van der Waals surface area contributed by atoms with Crippen LogP contribution in [-0.4, -0.2) is 10.9 Å². The summed E-state index contributed by atoms with van der Waals surface area (Å²) >= 11 is 7.37. The highest BCUT2D eigenvalue weighted by Gasteiger charge is 2.12. The molecule has 112 valence electrons. The maximum atomic E-state index is 12.2. The van der Waals surface area contributed by atoms with E-state index >= 15 is 0 Å². The Morgan fingerprint density at radius 1 is 1.22 bits per heavy atom. The van der Waals surface area contributed by atoms with E-state index in [9.17, 15) is 4.79 Å². The smallest absolute Gasteiger partial charge is 0.275 e. The van der Waals surface area contributed by atoms with E-state index in [4.69, 9.17) is 16.9 Å². The van der Waals surface area contributed by atoms with E-state index in [1.807, 2.05) is 36.4 Å². The molecular formula is C17H10ClN3OS. The normalized spacial score (nSPS) is 10.1. The molecule has 0 radical (unpaired) electrons. The molecule has 1 N–H and O–H groups in total. The number of carbonyl (C=O) groups is 1. The van der Waals surface area contributed by atoms with E-state index in [-0.39, 0.29) is 5.91 Å². The highest BCUT2D eigenvalue weighted by Crippen LogP contribution is 2.24. The first kappa shape index (κ1) is 15.2. The van der Waals surface area contributed by atoms with Crippen LogP contribution in [-0.2, 0) is 0 Å². The third-order valence-electron chi connectivity index (χ3n) is 3.10. The van der Waals surface area contributed by atoms with Gasteiger partial charge >= 0.3 is 0 Å². The average molecular weight is 340 g/mol. The predicted molar refractivity (Wildman–Crippen MR) is 91.7 cm³/mol. The van der Waals surface area contributed by atoms with E-state index in [0.717, 1.165) is 10.6 Å². The van der Waals surface area contributed by atoms with Gasteiger partial charge in [0.25, 0.3) is 5.91 Å². The molecule has 6 heteroatoms. The number of nitrogens with one attached hydrogen (secondary N) is 1. The van der Waals surface area contributed by atoms with E-state index in [1.165, 1.54) is 11.3 Å². The maximum absolute atomic E-state index is 12.2. The third-order valence-corrected chi connectivity index (χ3v) is 4.31. The monoisotopic (exact) mass is 339 g/mol. The lowest BCUT2D eigenvalue weighted by Gasteiger charge is -2.04. The number of hydrogen-bond acceptors (Lipinski definition) is 4. The molecule has 0 fully saturated rings. The molecule has 2 aromatic carbocycles. The molecule has 0 unspecified atom stereocenters. The van der Waals surface area contributed by atoms with Crippen molar-refractivity contribution in [2.75, 3.05) is 5.32 Å². The van der Waals surface area contributed by atoms with Crippen LogP contribution < -0.4 is 5.32 Å². The van der Waals surface area contributed by atoms with Gasteiger partial charge in [-0.3, -0.25) is 4.79 Å². The second-order valence-electron chi connectivity index (χ2n) is 4.66. The summed E-state index contributed by atoms with van der Waals surface area (Å²) in [7, 11) is 0. The molecule has 0 saturated carbocycles. The minimum absolute atomic E-state index is 0.300. The summed E-state index contributed by atoms with van der Waals surface area (Å²) in [6.45, 7) is 0. The Kier molecular flexibility index (Phi) is 4.38. The van der Waals surface area contributed by atoms with Gasteiger partial charge in [0.1, 0.15) is 16.8 Å². The largest absolute Gasteiger partial charge is 0.321 e. The molecule has 0 spiro atoms. The molecule has 1 heterocycles. The number of nitrogens with zero attached hydrogens (tertiary/aromatic N) is 2. The Balaban J connectivity index is 1.78. The molecular weight excluding hydrogens is 330 g/mol. The molecule has 0 bridgehead atoms. The number of anilines is 1. The van der Waals surface area contributed by atoms with Gasteiger partial charge in [0, 0.05) is 16.6 Å². The van der Waals surface area contributed by atoms with Gasteiger partial charge in [-0.25, -0.2) is 4.98 Å². The van der Waals surface area contributed by atoms with Crippen molar-refractivity contribution in [2.24, 2.45) is 0 Å². The fourth-order valence-electron chi connectivity index (χ4n) is 1.97. The summed E-state index contributed by atoms with van der Waals surface area (Å²) in [5.41, 5.74) is 2.20. The van der Waals surface area contributed by atoms with Crippen LogP contribution in [0.25, 0.3) is 10.6 Å². The van der Waals surface area contributed by atoms with Gasteiger partial charge in [0.2, 0.25) is 0 Å². The SMILES string of the molecule is N#Cc1ccc(NC(=O)c2csc(-c3ccccc3)n2)cc1Cl. The zero-order valence-electron chi connectivity index (χ0n) is 11.8. The highest BCUT2D eigenvalue weighted by molar-refractivity contribution is 7.13. The van der Waals surface area contributed by atoms with E-state index in [0.29, 0.717) is 22.0 Å². The standard InChI is InChI=1S/C17H10ClN3OS/c18-14-8-13(7-6-12(14)9-19)20-16(22)15-10-23-17(21-15)11-4-2-1-3-5-11/h1-8,10H,(H,20,22). The van der Waals surface area contributed by atoms with Crippen molar-refractivity contribution in [3.05, 3.63) is 70.2 Å². The molecule has 0 atom stereocenters.